The molecule has 6 nitrogen and oxygen atoms in total. The molecule has 2 aliphatic rings. The Morgan fingerprint density at radius 2 is 2.32 bits per heavy atom. The highest BCUT2D eigenvalue weighted by molar-refractivity contribution is 5.85. The molecule has 1 saturated heterocycles. The Balaban J connectivity index is 1.96. The van der Waals surface area contributed by atoms with Crippen LogP contribution in [-0.2, 0) is 17.6 Å². The molecule has 1 amide bonds. The number of anilines is 1. The molecule has 3 N–H and O–H groups in total. The van der Waals surface area contributed by atoms with E-state index < -0.39 is 0 Å². The van der Waals surface area contributed by atoms with Gasteiger partial charge in [0.1, 0.15) is 18.2 Å². The lowest BCUT2D eigenvalue weighted by atomic mass is 10.1. The average molecular weight is 261 g/mol. The summed E-state index contributed by atoms with van der Waals surface area (Å²) in [5.74, 6) is 0.919. The third-order valence-electron chi connectivity index (χ3n) is 4.01. The summed E-state index contributed by atoms with van der Waals surface area (Å²) in [5, 5.41) is 2.72. The van der Waals surface area contributed by atoms with Crippen LogP contribution >= 0.6 is 0 Å². The van der Waals surface area contributed by atoms with E-state index in [1.54, 1.807) is 13.4 Å². The van der Waals surface area contributed by atoms with Crippen molar-refractivity contribution in [1.82, 2.24) is 15.3 Å². The van der Waals surface area contributed by atoms with E-state index in [1.807, 2.05) is 0 Å². The van der Waals surface area contributed by atoms with E-state index in [1.165, 1.54) is 5.56 Å². The number of rotatable bonds is 2. The van der Waals surface area contributed by atoms with Crippen LogP contribution in [0.15, 0.2) is 6.33 Å². The van der Waals surface area contributed by atoms with Gasteiger partial charge in [-0.15, -0.1) is 0 Å². The molecular formula is C13H19N5O. The van der Waals surface area contributed by atoms with Crippen molar-refractivity contribution in [3.63, 3.8) is 0 Å². The Morgan fingerprint density at radius 1 is 1.47 bits per heavy atom. The van der Waals surface area contributed by atoms with E-state index in [9.17, 15) is 4.79 Å². The van der Waals surface area contributed by atoms with Crippen LogP contribution in [0.1, 0.15) is 24.1 Å². The Kier molecular flexibility index (Phi) is 3.10. The van der Waals surface area contributed by atoms with E-state index in [2.05, 4.69) is 20.2 Å². The van der Waals surface area contributed by atoms with Gasteiger partial charge in [0.15, 0.2) is 0 Å². The fraction of sp³-hybridized carbons (Fsp3) is 0.615. The molecule has 1 fully saturated rings. The van der Waals surface area contributed by atoms with Gasteiger partial charge >= 0.3 is 0 Å². The lowest BCUT2D eigenvalue weighted by Crippen LogP contribution is -2.42. The molecule has 2 heterocycles. The van der Waals surface area contributed by atoms with E-state index >= 15 is 0 Å². The summed E-state index contributed by atoms with van der Waals surface area (Å²) in [4.78, 5) is 22.8. The van der Waals surface area contributed by atoms with E-state index in [-0.39, 0.29) is 18.0 Å². The number of nitrogens with two attached hydrogens (primary N) is 1. The number of nitrogens with one attached hydrogen (secondary N) is 1. The van der Waals surface area contributed by atoms with Gasteiger partial charge in [-0.25, -0.2) is 9.97 Å². The van der Waals surface area contributed by atoms with Crippen molar-refractivity contribution in [1.29, 1.82) is 0 Å². The van der Waals surface area contributed by atoms with E-state index in [0.717, 1.165) is 30.8 Å². The zero-order valence-corrected chi connectivity index (χ0v) is 11.1. The van der Waals surface area contributed by atoms with Gasteiger partial charge in [0.25, 0.3) is 0 Å². The third kappa shape index (κ3) is 2.06. The molecule has 0 bridgehead atoms. The molecule has 1 aliphatic heterocycles. The Labute approximate surface area is 112 Å². The van der Waals surface area contributed by atoms with Gasteiger partial charge in [-0.05, 0) is 25.7 Å². The highest BCUT2D eigenvalue weighted by atomic mass is 16.2. The molecule has 2 atom stereocenters. The summed E-state index contributed by atoms with van der Waals surface area (Å²) in [6.07, 6.45) is 5.40. The Hall–Kier alpha value is -1.69. The number of aromatic nitrogens is 2. The number of carbonyl (C=O) groups excluding carboxylic acids is 1. The number of hydrogen-bond donors (Lipinski definition) is 2. The molecule has 3 rings (SSSR count). The quantitative estimate of drug-likeness (QED) is 0.758. The van der Waals surface area contributed by atoms with Gasteiger partial charge in [-0.1, -0.05) is 0 Å². The van der Waals surface area contributed by atoms with Gasteiger partial charge in [0.2, 0.25) is 5.91 Å². The van der Waals surface area contributed by atoms with Crippen LogP contribution in [0.4, 0.5) is 5.82 Å². The fourth-order valence-electron chi connectivity index (χ4n) is 3.11. The molecule has 19 heavy (non-hydrogen) atoms. The van der Waals surface area contributed by atoms with Crippen molar-refractivity contribution in [2.45, 2.75) is 37.8 Å². The molecule has 1 aromatic heterocycles. The molecule has 0 unspecified atom stereocenters. The minimum absolute atomic E-state index is 0.0123. The van der Waals surface area contributed by atoms with E-state index in [4.69, 9.17) is 5.73 Å². The van der Waals surface area contributed by atoms with Gasteiger partial charge in [0, 0.05) is 30.9 Å². The van der Waals surface area contributed by atoms with Crippen LogP contribution in [-0.4, -0.2) is 41.6 Å². The molecule has 1 aliphatic carbocycles. The van der Waals surface area contributed by atoms with Gasteiger partial charge in [-0.3, -0.25) is 4.79 Å². The SMILES string of the molecule is CNC(=O)[C@@H]1C[C@@H](N)CN1c1ncnc2c1CCC2. The summed E-state index contributed by atoms with van der Waals surface area (Å²) in [6, 6.07) is -0.186. The Bertz CT molecular complexity index is 504. The normalized spacial score (nSPS) is 25.5. The number of amides is 1. The maximum Gasteiger partial charge on any atom is 0.242 e. The average Bonchev–Trinajstić information content (AvgIpc) is 3.03. The van der Waals surface area contributed by atoms with Crippen molar-refractivity contribution in [2.24, 2.45) is 5.73 Å². The summed E-state index contributed by atoms with van der Waals surface area (Å²) >= 11 is 0. The lowest BCUT2D eigenvalue weighted by molar-refractivity contribution is -0.121. The second kappa shape index (κ2) is 4.77. The second-order valence-electron chi connectivity index (χ2n) is 5.25. The van der Waals surface area contributed by atoms with Crippen LogP contribution in [0.2, 0.25) is 0 Å². The maximum absolute atomic E-state index is 12.0. The van der Waals surface area contributed by atoms with Gasteiger partial charge in [-0.2, -0.15) is 0 Å². The minimum Gasteiger partial charge on any atom is -0.357 e. The highest BCUT2D eigenvalue weighted by Gasteiger charge is 2.37. The zero-order valence-electron chi connectivity index (χ0n) is 11.1. The Morgan fingerprint density at radius 3 is 3.11 bits per heavy atom. The molecular weight excluding hydrogens is 242 g/mol. The van der Waals surface area contributed by atoms with Crippen LogP contribution in [0, 0.1) is 0 Å². The van der Waals surface area contributed by atoms with Crippen LogP contribution < -0.4 is 16.0 Å². The number of nitrogens with zero attached hydrogens (tertiary/aromatic N) is 3. The first-order valence-corrected chi connectivity index (χ1v) is 6.77. The minimum atomic E-state index is -0.209. The largest absolute Gasteiger partial charge is 0.357 e. The van der Waals surface area contributed by atoms with E-state index in [0.29, 0.717) is 13.0 Å². The standard InChI is InChI=1S/C13H19N5O/c1-15-13(19)11-5-8(14)6-18(11)12-9-3-2-4-10(9)16-7-17-12/h7-8,11H,2-6,14H2,1H3,(H,15,19)/t8-,11+/m1/s1. The molecule has 102 valence electrons. The van der Waals surface area contributed by atoms with Crippen molar-refractivity contribution >= 4 is 11.7 Å². The third-order valence-corrected chi connectivity index (χ3v) is 4.01. The summed E-state index contributed by atoms with van der Waals surface area (Å²) in [7, 11) is 1.66. The second-order valence-corrected chi connectivity index (χ2v) is 5.25. The summed E-state index contributed by atoms with van der Waals surface area (Å²) < 4.78 is 0. The fourth-order valence-corrected chi connectivity index (χ4v) is 3.11. The van der Waals surface area contributed by atoms with Gasteiger partial charge < -0.3 is 16.0 Å². The van der Waals surface area contributed by atoms with Crippen molar-refractivity contribution in [2.75, 3.05) is 18.5 Å². The molecule has 0 spiro atoms. The first kappa shape index (κ1) is 12.3. The predicted molar refractivity (Wildman–Crippen MR) is 71.9 cm³/mol. The van der Waals surface area contributed by atoms with Crippen LogP contribution in [0.25, 0.3) is 0 Å². The number of hydrogen-bond acceptors (Lipinski definition) is 5. The first-order chi connectivity index (χ1) is 9.20. The molecule has 0 radical (unpaired) electrons. The first-order valence-electron chi connectivity index (χ1n) is 6.77. The van der Waals surface area contributed by atoms with Crippen LogP contribution in [0.3, 0.4) is 0 Å². The number of fused-ring (bicyclic) bond motifs is 1. The van der Waals surface area contributed by atoms with Gasteiger partial charge in [0.05, 0.1) is 0 Å². The van der Waals surface area contributed by atoms with Crippen LogP contribution in [0.5, 0.6) is 0 Å². The summed E-state index contributed by atoms with van der Waals surface area (Å²) in [6.45, 7) is 0.682. The van der Waals surface area contributed by atoms with Crippen molar-refractivity contribution in [3.05, 3.63) is 17.6 Å². The molecule has 0 saturated carbocycles. The van der Waals surface area contributed by atoms with Crippen molar-refractivity contribution in [3.8, 4) is 0 Å². The molecule has 0 aromatic carbocycles. The highest BCUT2D eigenvalue weighted by Crippen LogP contribution is 2.32. The van der Waals surface area contributed by atoms with Crippen molar-refractivity contribution < 1.29 is 4.79 Å². The number of likely N-dealkylation sites (N-methyl/N-ethyl adjacent to an activating group) is 1. The maximum atomic E-state index is 12.0. The monoisotopic (exact) mass is 261 g/mol. The smallest absolute Gasteiger partial charge is 0.242 e. The molecule has 6 heteroatoms. The topological polar surface area (TPSA) is 84.1 Å². The zero-order chi connectivity index (χ0) is 13.4. The summed E-state index contributed by atoms with van der Waals surface area (Å²) in [5.41, 5.74) is 8.35. The number of carbonyl (C=O) groups is 1. The molecule has 1 aromatic rings. The lowest BCUT2D eigenvalue weighted by Gasteiger charge is -2.25. The predicted octanol–water partition coefficient (Wildman–Crippen LogP) is -0.383. The number of aryl methyl sites for hydroxylation is 1.